The van der Waals surface area contributed by atoms with Crippen LogP contribution in [0.2, 0.25) is 0 Å². The van der Waals surface area contributed by atoms with E-state index in [1.54, 1.807) is 18.2 Å². The van der Waals surface area contributed by atoms with Gasteiger partial charge < -0.3 is 9.47 Å². The van der Waals surface area contributed by atoms with Crippen molar-refractivity contribution < 1.29 is 22.7 Å². The fourth-order valence-electron chi connectivity index (χ4n) is 1.72. The number of carbonyl (C=O) groups excluding carboxylic acids is 1. The molecule has 0 aromatic heterocycles. The molecule has 0 saturated carbocycles. The Kier molecular flexibility index (Phi) is 8.67. The summed E-state index contributed by atoms with van der Waals surface area (Å²) in [5.74, 6) is -0.469. The van der Waals surface area contributed by atoms with E-state index in [0.29, 0.717) is 18.7 Å². The first-order valence-corrected chi connectivity index (χ1v) is 9.39. The SMILES string of the molecule is CCCNS(=O)(=O)c1ccc(/C=C/C(=O)OCCOC(C)C)cc1. The molecule has 0 fully saturated rings. The van der Waals surface area contributed by atoms with Crippen molar-refractivity contribution in [2.24, 2.45) is 0 Å². The molecule has 1 rings (SSSR count). The summed E-state index contributed by atoms with van der Waals surface area (Å²) in [7, 11) is -3.47. The molecule has 0 aliphatic heterocycles. The summed E-state index contributed by atoms with van der Waals surface area (Å²) in [6, 6.07) is 6.26. The van der Waals surface area contributed by atoms with Crippen molar-refractivity contribution >= 4 is 22.1 Å². The maximum Gasteiger partial charge on any atom is 0.330 e. The molecule has 0 unspecified atom stereocenters. The van der Waals surface area contributed by atoms with Crippen molar-refractivity contribution in [2.45, 2.75) is 38.2 Å². The van der Waals surface area contributed by atoms with E-state index in [1.165, 1.54) is 18.2 Å². The van der Waals surface area contributed by atoms with Crippen LogP contribution in [0.1, 0.15) is 32.8 Å². The molecule has 0 aliphatic carbocycles. The molecule has 0 heterocycles. The van der Waals surface area contributed by atoms with Crippen molar-refractivity contribution in [3.8, 4) is 0 Å². The number of hydrogen-bond donors (Lipinski definition) is 1. The molecule has 6 nitrogen and oxygen atoms in total. The summed E-state index contributed by atoms with van der Waals surface area (Å²) in [5.41, 5.74) is 0.708. The lowest BCUT2D eigenvalue weighted by molar-refractivity contribution is -0.139. The van der Waals surface area contributed by atoms with Crippen LogP contribution in [0.5, 0.6) is 0 Å². The van der Waals surface area contributed by atoms with E-state index in [-0.39, 0.29) is 17.6 Å². The molecule has 1 aromatic rings. The normalized spacial score (nSPS) is 12.0. The van der Waals surface area contributed by atoms with Crippen molar-refractivity contribution in [3.05, 3.63) is 35.9 Å². The highest BCUT2D eigenvalue weighted by molar-refractivity contribution is 7.89. The lowest BCUT2D eigenvalue weighted by Gasteiger charge is -2.07. The second kappa shape index (κ2) is 10.2. The monoisotopic (exact) mass is 355 g/mol. The standard InChI is InChI=1S/C17H25NO5S/c1-4-11-18-24(20,21)16-8-5-15(6-9-16)7-10-17(19)23-13-12-22-14(2)3/h5-10,14,18H,4,11-13H2,1-3H3/b10-7+. The van der Waals surface area contributed by atoms with Crippen LogP contribution in [0.15, 0.2) is 35.2 Å². The third-order valence-corrected chi connectivity index (χ3v) is 4.40. The third-order valence-electron chi connectivity index (χ3n) is 2.92. The van der Waals surface area contributed by atoms with Crippen molar-refractivity contribution in [1.82, 2.24) is 4.72 Å². The molecule has 0 spiro atoms. The van der Waals surface area contributed by atoms with Gasteiger partial charge in [0.05, 0.1) is 17.6 Å². The second-order valence-electron chi connectivity index (χ2n) is 5.39. The minimum absolute atomic E-state index is 0.0980. The molecule has 0 atom stereocenters. The largest absolute Gasteiger partial charge is 0.460 e. The van der Waals surface area contributed by atoms with Gasteiger partial charge in [-0.2, -0.15) is 0 Å². The molecule has 0 saturated heterocycles. The lowest BCUT2D eigenvalue weighted by atomic mass is 10.2. The molecule has 0 radical (unpaired) electrons. The van der Waals surface area contributed by atoms with Crippen molar-refractivity contribution in [3.63, 3.8) is 0 Å². The number of hydrogen-bond acceptors (Lipinski definition) is 5. The Hall–Kier alpha value is -1.70. The van der Waals surface area contributed by atoms with Crippen LogP contribution < -0.4 is 4.72 Å². The van der Waals surface area contributed by atoms with E-state index in [4.69, 9.17) is 9.47 Å². The maximum atomic E-state index is 11.9. The Morgan fingerprint density at radius 2 is 1.88 bits per heavy atom. The van der Waals surface area contributed by atoms with Crippen molar-refractivity contribution in [2.75, 3.05) is 19.8 Å². The number of nitrogens with one attached hydrogen (secondary N) is 1. The Morgan fingerprint density at radius 3 is 2.46 bits per heavy atom. The Morgan fingerprint density at radius 1 is 1.21 bits per heavy atom. The molecule has 1 N–H and O–H groups in total. The topological polar surface area (TPSA) is 81.7 Å². The molecule has 0 bridgehead atoms. The summed E-state index contributed by atoms with van der Waals surface area (Å²) in [4.78, 5) is 11.7. The summed E-state index contributed by atoms with van der Waals surface area (Å²) >= 11 is 0. The van der Waals surface area contributed by atoms with E-state index < -0.39 is 16.0 Å². The summed E-state index contributed by atoms with van der Waals surface area (Å²) in [6.45, 7) is 6.66. The van der Waals surface area contributed by atoms with Gasteiger partial charge in [-0.25, -0.2) is 17.9 Å². The fourth-order valence-corrected chi connectivity index (χ4v) is 2.85. The van der Waals surface area contributed by atoms with E-state index in [1.807, 2.05) is 20.8 Å². The van der Waals surface area contributed by atoms with Crippen LogP contribution in [-0.4, -0.2) is 40.2 Å². The van der Waals surface area contributed by atoms with Crippen LogP contribution in [0, 0.1) is 0 Å². The quantitative estimate of drug-likeness (QED) is 0.396. The molecule has 0 amide bonds. The zero-order valence-electron chi connectivity index (χ0n) is 14.3. The number of ether oxygens (including phenoxy) is 2. The van der Waals surface area contributed by atoms with E-state index in [2.05, 4.69) is 4.72 Å². The highest BCUT2D eigenvalue weighted by Crippen LogP contribution is 2.11. The minimum atomic E-state index is -3.47. The lowest BCUT2D eigenvalue weighted by Crippen LogP contribution is -2.24. The first-order valence-electron chi connectivity index (χ1n) is 7.91. The number of sulfonamides is 1. The van der Waals surface area contributed by atoms with Gasteiger partial charge in [0.25, 0.3) is 0 Å². The number of carbonyl (C=O) groups is 1. The van der Waals surface area contributed by atoms with Gasteiger partial charge in [-0.15, -0.1) is 0 Å². The highest BCUT2D eigenvalue weighted by atomic mass is 32.2. The zero-order chi connectivity index (χ0) is 18.0. The van der Waals surface area contributed by atoms with Crippen LogP contribution in [0.4, 0.5) is 0 Å². The Balaban J connectivity index is 2.53. The molecular weight excluding hydrogens is 330 g/mol. The predicted molar refractivity (Wildman–Crippen MR) is 93.0 cm³/mol. The molecule has 7 heteroatoms. The van der Waals surface area contributed by atoms with Gasteiger partial charge in [0.2, 0.25) is 10.0 Å². The van der Waals surface area contributed by atoms with Crippen LogP contribution in [-0.2, 0) is 24.3 Å². The van der Waals surface area contributed by atoms with Gasteiger partial charge in [-0.3, -0.25) is 0 Å². The van der Waals surface area contributed by atoms with Gasteiger partial charge in [-0.1, -0.05) is 19.1 Å². The Bertz CT molecular complexity index is 635. The summed E-state index contributed by atoms with van der Waals surface area (Å²) in [5, 5.41) is 0. The second-order valence-corrected chi connectivity index (χ2v) is 7.15. The first kappa shape index (κ1) is 20.3. The summed E-state index contributed by atoms with van der Waals surface area (Å²) < 4.78 is 36.6. The van der Waals surface area contributed by atoms with Gasteiger partial charge in [0.15, 0.2) is 0 Å². The first-order chi connectivity index (χ1) is 11.3. The molecule has 134 valence electrons. The van der Waals surface area contributed by atoms with E-state index >= 15 is 0 Å². The van der Waals surface area contributed by atoms with Crippen LogP contribution >= 0.6 is 0 Å². The maximum absolute atomic E-state index is 11.9. The molecular formula is C17H25NO5S. The zero-order valence-corrected chi connectivity index (χ0v) is 15.1. The van der Waals surface area contributed by atoms with Gasteiger partial charge >= 0.3 is 5.97 Å². The third kappa shape index (κ3) is 7.72. The molecule has 1 aromatic carbocycles. The smallest absolute Gasteiger partial charge is 0.330 e. The van der Waals surface area contributed by atoms with Gasteiger partial charge in [0.1, 0.15) is 6.61 Å². The highest BCUT2D eigenvalue weighted by Gasteiger charge is 2.12. The average molecular weight is 355 g/mol. The van der Waals surface area contributed by atoms with E-state index in [0.717, 1.165) is 6.42 Å². The van der Waals surface area contributed by atoms with E-state index in [9.17, 15) is 13.2 Å². The average Bonchev–Trinajstić information content (AvgIpc) is 2.55. The van der Waals surface area contributed by atoms with Crippen molar-refractivity contribution in [1.29, 1.82) is 0 Å². The Labute approximate surface area is 143 Å². The molecule has 24 heavy (non-hydrogen) atoms. The minimum Gasteiger partial charge on any atom is -0.460 e. The fraction of sp³-hybridized carbons (Fsp3) is 0.471. The van der Waals surface area contributed by atoms with Gasteiger partial charge in [0, 0.05) is 12.6 Å². The number of esters is 1. The number of benzene rings is 1. The number of rotatable bonds is 10. The predicted octanol–water partition coefficient (Wildman–Crippen LogP) is 2.36. The molecule has 0 aliphatic rings. The van der Waals surface area contributed by atoms with Crippen LogP contribution in [0.25, 0.3) is 6.08 Å². The van der Waals surface area contributed by atoms with Crippen LogP contribution in [0.3, 0.4) is 0 Å². The summed E-state index contributed by atoms with van der Waals surface area (Å²) in [6.07, 6.45) is 3.70. The van der Waals surface area contributed by atoms with Gasteiger partial charge in [-0.05, 0) is 44.0 Å².